The van der Waals surface area contributed by atoms with Crippen molar-refractivity contribution in [3.05, 3.63) is 84.4 Å². The van der Waals surface area contributed by atoms with Gasteiger partial charge in [-0.3, -0.25) is 4.90 Å². The van der Waals surface area contributed by atoms with Crippen LogP contribution in [-0.4, -0.2) is 197 Å². The van der Waals surface area contributed by atoms with Crippen molar-refractivity contribution in [3.8, 4) is 0 Å². The lowest BCUT2D eigenvalue weighted by molar-refractivity contribution is 0.0377. The Kier molecular flexibility index (Phi) is 70.1. The van der Waals surface area contributed by atoms with Crippen LogP contribution < -0.4 is 68.0 Å². The minimum Gasteiger partial charge on any atom is -0.399 e. The van der Waals surface area contributed by atoms with Gasteiger partial charge in [-0.2, -0.15) is 0 Å². The predicted octanol–water partition coefficient (Wildman–Crippen LogP) is 13.8. The van der Waals surface area contributed by atoms with Crippen LogP contribution in [0.25, 0.3) is 0 Å². The molecule has 3 aromatic rings. The van der Waals surface area contributed by atoms with Gasteiger partial charge in [0.2, 0.25) is 9.84 Å². The third-order valence-corrected chi connectivity index (χ3v) is 23.1. The maximum atomic E-state index is 12.2. The summed E-state index contributed by atoms with van der Waals surface area (Å²) in [6.07, 6.45) is 50.4. The number of aryl methyl sites for hydroxylation is 1. The highest BCUT2D eigenvalue weighted by molar-refractivity contribution is 7.91. The van der Waals surface area contributed by atoms with Gasteiger partial charge < -0.3 is 87.4 Å². The first-order chi connectivity index (χ1) is 52.7. The van der Waals surface area contributed by atoms with E-state index in [-0.39, 0.29) is 9.79 Å². The molecule has 0 radical (unpaired) electrons. The Bertz CT molecular complexity index is 2310. The summed E-state index contributed by atoms with van der Waals surface area (Å²) < 4.78 is 29.6. The molecule has 3 aromatic carbocycles. The zero-order valence-corrected chi connectivity index (χ0v) is 71.0. The highest BCUT2D eigenvalue weighted by Crippen LogP contribution is 2.35. The summed E-state index contributed by atoms with van der Waals surface area (Å²) in [5.74, 6) is 1.95. The van der Waals surface area contributed by atoms with E-state index in [1.807, 2.05) is 6.07 Å². The van der Waals surface area contributed by atoms with Crippen LogP contribution in [0.4, 0.5) is 11.4 Å². The van der Waals surface area contributed by atoms with E-state index >= 15 is 0 Å². The summed E-state index contributed by atoms with van der Waals surface area (Å²) in [5, 5.41) is 7.05. The van der Waals surface area contributed by atoms with Crippen LogP contribution in [0.1, 0.15) is 271 Å². The number of nitrogens with one attached hydrogen (secondary N) is 2. The third kappa shape index (κ3) is 58.5. The summed E-state index contributed by atoms with van der Waals surface area (Å²) >= 11 is 0. The van der Waals surface area contributed by atoms with Crippen LogP contribution in [0, 0.1) is 11.8 Å². The molecule has 0 atom stereocenters. The summed E-state index contributed by atoms with van der Waals surface area (Å²) in [6, 6.07) is 24.5. The second kappa shape index (κ2) is 73.8. The van der Waals surface area contributed by atoms with E-state index in [9.17, 15) is 8.42 Å². The van der Waals surface area contributed by atoms with Gasteiger partial charge in [0.1, 0.15) is 0 Å². The molecule has 22 N–H and O–H groups in total. The van der Waals surface area contributed by atoms with Gasteiger partial charge in [-0.1, -0.05) is 154 Å². The molecule has 2 aliphatic heterocycles. The lowest BCUT2D eigenvalue weighted by Crippen LogP contribution is -2.47. The lowest BCUT2D eigenvalue weighted by atomic mass is 9.76. The van der Waals surface area contributed by atoms with Gasteiger partial charge in [0.05, 0.1) is 23.0 Å². The molecule has 0 bridgehead atoms. The van der Waals surface area contributed by atoms with E-state index in [1.165, 1.54) is 301 Å². The van der Waals surface area contributed by atoms with Crippen molar-refractivity contribution in [2.45, 2.75) is 300 Å². The van der Waals surface area contributed by atoms with Crippen LogP contribution in [0.2, 0.25) is 0 Å². The number of sulfone groups is 1. The Morgan fingerprint density at radius 2 is 0.815 bits per heavy atom. The van der Waals surface area contributed by atoms with Crippen LogP contribution >= 0.6 is 0 Å². The number of nitrogen functional groups attached to an aromatic ring is 2. The van der Waals surface area contributed by atoms with Crippen molar-refractivity contribution in [3.63, 3.8) is 0 Å². The number of ether oxygens (including phenoxy) is 1. The standard InChI is InChI=1S/C15H33N.C13H26N2.C12H12N2O2S.C12H28N2.C10H24N4.C10H15N.C9H20N2.C7H16N2O/c1-3-5-7-8-9-10-11-12-13-15-16-14-6-4-2;14-12-5-1-10(2-6-12)9-11-3-7-13(15)8-4-11;13-9-1-5-11(6-2-9)17(15,16)12-7-3-10(14)4-8-12;1-3-5-7-11-14(10-6-4-2)12-8-9-13;11-3-1-5-13-7-9-14(10-8-13)6-2-4-12;11-9-5-4-8-10-6-2-1-3-7-10;10-7-4-8-11-9-5-2-1-3-6-9;8-2-1-3-9-4-6-10-7-5-9/h16H,3-15H2,1-2H3;10-13H,1-9,14-15H2;1-8H,13-14H2;3-13H2,1-2H3;1-12H2;1-3,6-7H,4-5,8-9,11H2;9,11H,1-8,10H2;1-8H2. The topological polar surface area (TPSA) is 341 Å². The summed E-state index contributed by atoms with van der Waals surface area (Å²) in [5.41, 5.74) is 58.1. The number of anilines is 2. The van der Waals surface area contributed by atoms with Crippen molar-refractivity contribution < 1.29 is 13.2 Å². The van der Waals surface area contributed by atoms with Crippen molar-refractivity contribution >= 4 is 21.2 Å². The number of piperazine rings is 1. The first kappa shape index (κ1) is 103. The molecule has 19 nitrogen and oxygen atoms in total. The second-order valence-corrected chi connectivity index (χ2v) is 33.1. The molecule has 5 aliphatic rings. The molecular formula is C88H174N16O3S. The number of benzene rings is 3. The molecule has 5 fully saturated rings. The molecule has 20 heteroatoms. The number of morpholine rings is 1. The molecule has 2 saturated heterocycles. The number of rotatable bonds is 44. The molecule has 108 heavy (non-hydrogen) atoms. The number of nitrogens with two attached hydrogens (primary N) is 10. The average molecular weight is 1540 g/mol. The molecule has 3 aliphatic carbocycles. The molecule has 0 unspecified atom stereocenters. The van der Waals surface area contributed by atoms with Crippen molar-refractivity contribution in [1.29, 1.82) is 0 Å². The molecule has 630 valence electrons. The van der Waals surface area contributed by atoms with Gasteiger partial charge in [0.25, 0.3) is 0 Å². The van der Waals surface area contributed by atoms with Gasteiger partial charge in [-0.25, -0.2) is 8.42 Å². The lowest BCUT2D eigenvalue weighted by Gasteiger charge is -2.34. The maximum Gasteiger partial charge on any atom is 0.206 e. The van der Waals surface area contributed by atoms with Crippen molar-refractivity contribution in [2.24, 2.45) is 57.7 Å². The minimum absolute atomic E-state index is 0.219. The number of unbranched alkanes of at least 4 members (excludes halogenated alkanes) is 13. The van der Waals surface area contributed by atoms with E-state index in [1.54, 1.807) is 24.3 Å². The fourth-order valence-electron chi connectivity index (χ4n) is 14.2. The van der Waals surface area contributed by atoms with Crippen LogP contribution in [0.5, 0.6) is 0 Å². The Morgan fingerprint density at radius 3 is 1.27 bits per heavy atom. The Hall–Kier alpha value is -3.39. The largest absolute Gasteiger partial charge is 0.399 e. The Morgan fingerprint density at radius 1 is 0.407 bits per heavy atom. The minimum atomic E-state index is -3.48. The van der Waals surface area contributed by atoms with Crippen LogP contribution in [0.15, 0.2) is 88.7 Å². The Labute approximate surface area is 664 Å². The van der Waals surface area contributed by atoms with E-state index in [2.05, 4.69) is 82.2 Å². The Balaban J connectivity index is 0.000000620. The SMILES string of the molecule is CCCCCCCCCCCNCCCC.CCCCCN(CCCC)CCCN.NC1CCC(CC2CCC(N)CC2)CC1.NCCCCc1ccccc1.NCCCN1CCN(CCCN)CC1.NCCCN1CCOCC1.NCCCNC1CCCCC1.Nc1ccc(S(=O)(=O)c2ccc(N)cc2)cc1. The predicted molar refractivity (Wildman–Crippen MR) is 469 cm³/mol. The summed E-state index contributed by atoms with van der Waals surface area (Å²) in [7, 11) is -3.48. The monoisotopic (exact) mass is 1540 g/mol. The fraction of sp³-hybridized carbons (Fsp3) is 0.795. The molecular weight excluding hydrogens is 1360 g/mol. The highest BCUT2D eigenvalue weighted by Gasteiger charge is 2.25. The van der Waals surface area contributed by atoms with E-state index in [0.29, 0.717) is 23.5 Å². The molecule has 8 rings (SSSR count). The number of hydrogen-bond acceptors (Lipinski definition) is 19. The van der Waals surface area contributed by atoms with Gasteiger partial charge in [-0.05, 0) is 312 Å². The van der Waals surface area contributed by atoms with Gasteiger partial charge >= 0.3 is 0 Å². The average Bonchev–Trinajstić information content (AvgIpc) is 0.807. The zero-order chi connectivity index (χ0) is 79.0. The zero-order valence-electron chi connectivity index (χ0n) is 70.2. The summed E-state index contributed by atoms with van der Waals surface area (Å²) in [4.78, 5) is 10.4. The van der Waals surface area contributed by atoms with E-state index in [0.717, 1.165) is 141 Å². The van der Waals surface area contributed by atoms with Crippen LogP contribution in [-0.2, 0) is 21.0 Å². The second-order valence-electron chi connectivity index (χ2n) is 31.1. The number of nitrogens with zero attached hydrogens (tertiary/aromatic N) is 4. The third-order valence-electron chi connectivity index (χ3n) is 21.4. The fourth-order valence-corrected chi connectivity index (χ4v) is 15.5. The van der Waals surface area contributed by atoms with Crippen LogP contribution in [0.3, 0.4) is 0 Å². The van der Waals surface area contributed by atoms with E-state index < -0.39 is 9.84 Å². The highest BCUT2D eigenvalue weighted by atomic mass is 32.2. The first-order valence-electron chi connectivity index (χ1n) is 44.3. The molecule has 3 saturated carbocycles. The molecule has 0 aromatic heterocycles. The first-order valence-corrected chi connectivity index (χ1v) is 45.8. The van der Waals surface area contributed by atoms with Crippen molar-refractivity contribution in [1.82, 2.24) is 30.2 Å². The summed E-state index contributed by atoms with van der Waals surface area (Å²) in [6.45, 7) is 33.5. The molecule has 2 heterocycles. The van der Waals surface area contributed by atoms with Crippen molar-refractivity contribution in [2.75, 3.05) is 162 Å². The van der Waals surface area contributed by atoms with Gasteiger partial charge in [0, 0.05) is 68.8 Å². The van der Waals surface area contributed by atoms with E-state index in [4.69, 9.17) is 62.1 Å². The number of hydrogen-bond donors (Lipinski definition) is 12. The normalized spacial score (nSPS) is 18.5. The smallest absolute Gasteiger partial charge is 0.206 e. The quantitative estimate of drug-likeness (QED) is 0.0185. The molecule has 0 amide bonds. The van der Waals surface area contributed by atoms with Gasteiger partial charge in [-0.15, -0.1) is 0 Å². The van der Waals surface area contributed by atoms with Gasteiger partial charge in [0.15, 0.2) is 0 Å². The molecule has 0 spiro atoms. The maximum absolute atomic E-state index is 12.2.